The Morgan fingerprint density at radius 1 is 1.42 bits per heavy atom. The molecule has 0 amide bonds. The largest absolute Gasteiger partial charge is 0.491 e. The van der Waals surface area contributed by atoms with Crippen molar-refractivity contribution in [3.8, 4) is 5.75 Å². The maximum atomic E-state index is 6.26. The van der Waals surface area contributed by atoms with Crippen LogP contribution in [0.3, 0.4) is 0 Å². The van der Waals surface area contributed by atoms with Crippen molar-refractivity contribution in [2.75, 3.05) is 30.3 Å². The van der Waals surface area contributed by atoms with Gasteiger partial charge in [0.2, 0.25) is 0 Å². The van der Waals surface area contributed by atoms with Gasteiger partial charge in [-0.3, -0.25) is 0 Å². The number of rotatable bonds is 5. The van der Waals surface area contributed by atoms with E-state index in [1.54, 1.807) is 0 Å². The molecular weight excluding hydrogens is 236 g/mol. The van der Waals surface area contributed by atoms with E-state index in [1.807, 2.05) is 12.1 Å². The topological polar surface area (TPSA) is 38.5 Å². The van der Waals surface area contributed by atoms with Crippen LogP contribution in [0, 0.1) is 11.8 Å². The van der Waals surface area contributed by atoms with Crippen LogP contribution < -0.4 is 15.4 Å². The number of benzene rings is 1. The van der Waals surface area contributed by atoms with Crippen LogP contribution in [0.25, 0.3) is 0 Å². The van der Waals surface area contributed by atoms with E-state index in [-0.39, 0.29) is 0 Å². The molecule has 2 rings (SSSR count). The van der Waals surface area contributed by atoms with Crippen LogP contribution in [0.4, 0.5) is 11.4 Å². The highest BCUT2D eigenvalue weighted by Crippen LogP contribution is 2.36. The van der Waals surface area contributed by atoms with E-state index in [2.05, 4.69) is 31.7 Å². The van der Waals surface area contributed by atoms with E-state index in [0.29, 0.717) is 0 Å². The molecule has 1 aliphatic heterocycles. The summed E-state index contributed by atoms with van der Waals surface area (Å²) in [4.78, 5) is 2.40. The first-order chi connectivity index (χ1) is 9.13. The summed E-state index contributed by atoms with van der Waals surface area (Å²) in [6, 6.07) is 6.11. The van der Waals surface area contributed by atoms with Gasteiger partial charge in [0.25, 0.3) is 0 Å². The quantitative estimate of drug-likeness (QED) is 0.825. The third-order valence-electron chi connectivity index (χ3n) is 4.01. The van der Waals surface area contributed by atoms with Crippen molar-refractivity contribution in [3.05, 3.63) is 18.2 Å². The summed E-state index contributed by atoms with van der Waals surface area (Å²) in [7, 11) is 0. The number of nitrogens with two attached hydrogens (primary N) is 1. The smallest absolute Gasteiger partial charge is 0.144 e. The molecule has 106 valence electrons. The predicted molar refractivity (Wildman–Crippen MR) is 81.8 cm³/mol. The van der Waals surface area contributed by atoms with Crippen LogP contribution in [0.15, 0.2) is 18.2 Å². The van der Waals surface area contributed by atoms with Crippen LogP contribution in [0.5, 0.6) is 5.75 Å². The maximum absolute atomic E-state index is 6.26. The Kier molecular flexibility index (Phi) is 4.56. The van der Waals surface area contributed by atoms with E-state index >= 15 is 0 Å². The molecule has 1 aliphatic rings. The van der Waals surface area contributed by atoms with Crippen molar-refractivity contribution in [3.63, 3.8) is 0 Å². The van der Waals surface area contributed by atoms with Crippen molar-refractivity contribution in [1.82, 2.24) is 0 Å². The lowest BCUT2D eigenvalue weighted by Gasteiger charge is -2.23. The number of nitrogens with zero attached hydrogens (tertiary/aromatic N) is 1. The van der Waals surface area contributed by atoms with Crippen LogP contribution >= 0.6 is 0 Å². The van der Waals surface area contributed by atoms with E-state index in [9.17, 15) is 0 Å². The molecule has 1 unspecified atom stereocenters. The van der Waals surface area contributed by atoms with Crippen molar-refractivity contribution < 1.29 is 4.74 Å². The van der Waals surface area contributed by atoms with Crippen LogP contribution in [-0.4, -0.2) is 19.7 Å². The molecule has 19 heavy (non-hydrogen) atoms. The van der Waals surface area contributed by atoms with Gasteiger partial charge in [-0.2, -0.15) is 0 Å². The third-order valence-corrected chi connectivity index (χ3v) is 4.01. The molecule has 1 aromatic rings. The van der Waals surface area contributed by atoms with E-state index in [4.69, 9.17) is 10.5 Å². The molecule has 0 aromatic heterocycles. The standard InChI is InChI=1S/C16H26N2O/c1-4-10-19-15-7-5-6-14(16(15)17)18-9-8-13(11-18)12(2)3/h5-7,12-13H,4,8-11,17H2,1-3H3. The number of ether oxygens (including phenoxy) is 1. The van der Waals surface area contributed by atoms with Gasteiger partial charge in [-0.1, -0.05) is 26.8 Å². The average Bonchev–Trinajstić information content (AvgIpc) is 2.87. The fourth-order valence-corrected chi connectivity index (χ4v) is 2.70. The zero-order valence-electron chi connectivity index (χ0n) is 12.4. The molecule has 0 spiro atoms. The SMILES string of the molecule is CCCOc1cccc(N2CCC(C(C)C)C2)c1N. The number of para-hydroxylation sites is 1. The Morgan fingerprint density at radius 2 is 2.21 bits per heavy atom. The van der Waals surface area contributed by atoms with Gasteiger partial charge in [-0.15, -0.1) is 0 Å². The lowest BCUT2D eigenvalue weighted by molar-refractivity contribution is 0.319. The second-order valence-electron chi connectivity index (χ2n) is 5.78. The first-order valence-electron chi connectivity index (χ1n) is 7.39. The fraction of sp³-hybridized carbons (Fsp3) is 0.625. The Hall–Kier alpha value is -1.38. The van der Waals surface area contributed by atoms with Crippen LogP contribution in [0.1, 0.15) is 33.6 Å². The highest BCUT2D eigenvalue weighted by molar-refractivity contribution is 5.74. The summed E-state index contributed by atoms with van der Waals surface area (Å²) in [5.41, 5.74) is 8.19. The third kappa shape index (κ3) is 3.14. The normalized spacial score (nSPS) is 19.2. The number of nitrogen functional groups attached to an aromatic ring is 1. The molecule has 1 atom stereocenters. The fourth-order valence-electron chi connectivity index (χ4n) is 2.70. The van der Waals surface area contributed by atoms with E-state index in [0.717, 1.165) is 55.1 Å². The molecule has 2 N–H and O–H groups in total. The van der Waals surface area contributed by atoms with Crippen molar-refractivity contribution in [1.29, 1.82) is 0 Å². The Morgan fingerprint density at radius 3 is 2.84 bits per heavy atom. The first kappa shape index (κ1) is 14.0. The zero-order chi connectivity index (χ0) is 13.8. The number of hydrogen-bond acceptors (Lipinski definition) is 3. The Labute approximate surface area is 116 Å². The summed E-state index contributed by atoms with van der Waals surface area (Å²) in [6.07, 6.45) is 2.26. The number of anilines is 2. The van der Waals surface area contributed by atoms with Gasteiger partial charge in [0.15, 0.2) is 0 Å². The summed E-state index contributed by atoms with van der Waals surface area (Å²) >= 11 is 0. The highest BCUT2D eigenvalue weighted by Gasteiger charge is 2.26. The van der Waals surface area contributed by atoms with Gasteiger partial charge in [0.05, 0.1) is 18.0 Å². The lowest BCUT2D eigenvalue weighted by Crippen LogP contribution is -2.22. The molecule has 0 aliphatic carbocycles. The molecule has 1 fully saturated rings. The molecule has 0 saturated carbocycles. The van der Waals surface area contributed by atoms with Gasteiger partial charge in [-0.05, 0) is 36.8 Å². The molecule has 1 aromatic carbocycles. The Bertz CT molecular complexity index is 417. The first-order valence-corrected chi connectivity index (χ1v) is 7.39. The molecule has 0 radical (unpaired) electrons. The molecule has 1 saturated heterocycles. The minimum atomic E-state index is 0.724. The zero-order valence-corrected chi connectivity index (χ0v) is 12.4. The van der Waals surface area contributed by atoms with Crippen molar-refractivity contribution in [2.45, 2.75) is 33.6 Å². The van der Waals surface area contributed by atoms with Crippen LogP contribution in [0.2, 0.25) is 0 Å². The van der Waals surface area contributed by atoms with Gasteiger partial charge in [0, 0.05) is 13.1 Å². The van der Waals surface area contributed by atoms with Gasteiger partial charge < -0.3 is 15.4 Å². The molecule has 3 nitrogen and oxygen atoms in total. The van der Waals surface area contributed by atoms with Crippen LogP contribution in [-0.2, 0) is 0 Å². The summed E-state index contributed by atoms with van der Waals surface area (Å²) in [6.45, 7) is 9.65. The number of hydrogen-bond donors (Lipinski definition) is 1. The van der Waals surface area contributed by atoms with Gasteiger partial charge >= 0.3 is 0 Å². The van der Waals surface area contributed by atoms with Gasteiger partial charge in [0.1, 0.15) is 5.75 Å². The molecular formula is C16H26N2O. The minimum Gasteiger partial charge on any atom is -0.491 e. The monoisotopic (exact) mass is 262 g/mol. The lowest BCUT2D eigenvalue weighted by atomic mass is 9.95. The summed E-state index contributed by atoms with van der Waals surface area (Å²) in [5, 5.41) is 0. The highest BCUT2D eigenvalue weighted by atomic mass is 16.5. The second kappa shape index (κ2) is 6.18. The van der Waals surface area contributed by atoms with Crippen molar-refractivity contribution in [2.24, 2.45) is 11.8 Å². The van der Waals surface area contributed by atoms with E-state index in [1.165, 1.54) is 6.42 Å². The Balaban J connectivity index is 2.12. The van der Waals surface area contributed by atoms with E-state index < -0.39 is 0 Å². The molecule has 0 bridgehead atoms. The second-order valence-corrected chi connectivity index (χ2v) is 5.78. The molecule has 1 heterocycles. The summed E-state index contributed by atoms with van der Waals surface area (Å²) in [5.74, 6) is 2.35. The van der Waals surface area contributed by atoms with Crippen molar-refractivity contribution >= 4 is 11.4 Å². The van der Waals surface area contributed by atoms with Gasteiger partial charge in [-0.25, -0.2) is 0 Å². The average molecular weight is 262 g/mol. The maximum Gasteiger partial charge on any atom is 0.144 e. The molecule has 3 heteroatoms. The minimum absolute atomic E-state index is 0.724. The predicted octanol–water partition coefficient (Wildman–Crippen LogP) is 3.54. The summed E-state index contributed by atoms with van der Waals surface area (Å²) < 4.78 is 5.71.